The number of aromatic nitrogens is 1. The number of pyridine rings is 1. The van der Waals surface area contributed by atoms with E-state index in [9.17, 15) is 0 Å². The van der Waals surface area contributed by atoms with E-state index in [4.69, 9.17) is 9.47 Å². The number of rotatable bonds is 6. The van der Waals surface area contributed by atoms with Gasteiger partial charge in [-0.05, 0) is 26.8 Å². The fraction of sp³-hybridized carbons (Fsp3) is 0.600. The van der Waals surface area contributed by atoms with Crippen molar-refractivity contribution in [3.63, 3.8) is 0 Å². The quantitative estimate of drug-likeness (QED) is 0.319. The smallest absolute Gasteiger partial charge is 0.218 e. The third-order valence-electron chi connectivity index (χ3n) is 2.54. The molecule has 22 heavy (non-hydrogen) atoms. The molecule has 0 aliphatic carbocycles. The Hall–Kier alpha value is -1.09. The van der Waals surface area contributed by atoms with Crippen LogP contribution in [-0.4, -0.2) is 43.9 Å². The van der Waals surface area contributed by atoms with Crippen LogP contribution in [0.5, 0.6) is 5.88 Å². The second kappa shape index (κ2) is 10.6. The Bertz CT molecular complexity index is 461. The van der Waals surface area contributed by atoms with E-state index in [1.807, 2.05) is 12.1 Å². The van der Waals surface area contributed by atoms with Gasteiger partial charge in [0.05, 0.1) is 6.61 Å². The Balaban J connectivity index is 0.00000441. The molecule has 2 N–H and O–H groups in total. The van der Waals surface area contributed by atoms with Crippen LogP contribution in [0.4, 0.5) is 0 Å². The lowest BCUT2D eigenvalue weighted by molar-refractivity contribution is 0.143. The highest BCUT2D eigenvalue weighted by atomic mass is 127. The van der Waals surface area contributed by atoms with Crippen LogP contribution in [0.25, 0.3) is 0 Å². The van der Waals surface area contributed by atoms with E-state index in [0.717, 1.165) is 11.5 Å². The van der Waals surface area contributed by atoms with Crippen LogP contribution in [-0.2, 0) is 11.3 Å². The minimum atomic E-state index is -0.0470. The van der Waals surface area contributed by atoms with Crippen molar-refractivity contribution >= 4 is 29.9 Å². The summed E-state index contributed by atoms with van der Waals surface area (Å²) in [6, 6.07) is 3.87. The molecular formula is C15H27IN4O2. The highest BCUT2D eigenvalue weighted by molar-refractivity contribution is 14.0. The first kappa shape index (κ1) is 20.9. The normalized spacial score (nSPS) is 11.6. The van der Waals surface area contributed by atoms with Gasteiger partial charge in [-0.2, -0.15) is 0 Å². The van der Waals surface area contributed by atoms with Crippen LogP contribution >= 0.6 is 24.0 Å². The van der Waals surface area contributed by atoms with Gasteiger partial charge in [-0.25, -0.2) is 4.98 Å². The first-order valence-corrected chi connectivity index (χ1v) is 7.00. The molecule has 1 heterocycles. The fourth-order valence-electron chi connectivity index (χ4n) is 1.62. The van der Waals surface area contributed by atoms with Gasteiger partial charge in [0.2, 0.25) is 5.88 Å². The average molecular weight is 422 g/mol. The van der Waals surface area contributed by atoms with Crippen LogP contribution < -0.4 is 15.4 Å². The van der Waals surface area contributed by atoms with Crippen molar-refractivity contribution in [1.82, 2.24) is 15.6 Å². The van der Waals surface area contributed by atoms with Crippen LogP contribution in [0.2, 0.25) is 0 Å². The molecule has 0 bridgehead atoms. The topological polar surface area (TPSA) is 67.8 Å². The molecule has 0 aromatic carbocycles. The molecule has 0 unspecified atom stereocenters. The van der Waals surface area contributed by atoms with Crippen molar-refractivity contribution in [2.45, 2.75) is 32.9 Å². The lowest BCUT2D eigenvalue weighted by atomic mass is 10.1. The van der Waals surface area contributed by atoms with Gasteiger partial charge in [0, 0.05) is 38.0 Å². The second-order valence-electron chi connectivity index (χ2n) is 5.61. The zero-order chi connectivity index (χ0) is 15.7. The standard InChI is InChI=1S/C15H26N4O2.HI/c1-15(2,3)19-14(16-4)18-11-12-7-6-8-17-13(12)21-10-9-20-5;/h6-8H,9-11H2,1-5H3,(H2,16,18,19);1H. The van der Waals surface area contributed by atoms with Gasteiger partial charge >= 0.3 is 0 Å². The van der Waals surface area contributed by atoms with Crippen LogP contribution in [0.1, 0.15) is 26.3 Å². The molecule has 0 saturated carbocycles. The molecule has 1 rings (SSSR count). The van der Waals surface area contributed by atoms with Crippen LogP contribution in [0.3, 0.4) is 0 Å². The molecule has 126 valence electrons. The molecule has 0 amide bonds. The number of ether oxygens (including phenoxy) is 2. The predicted molar refractivity (Wildman–Crippen MR) is 100 cm³/mol. The van der Waals surface area contributed by atoms with Crippen LogP contribution in [0.15, 0.2) is 23.3 Å². The Kier molecular flexibility index (Phi) is 10.1. The van der Waals surface area contributed by atoms with Crippen LogP contribution in [0, 0.1) is 0 Å². The Labute approximate surface area is 150 Å². The largest absolute Gasteiger partial charge is 0.475 e. The molecule has 7 heteroatoms. The highest BCUT2D eigenvalue weighted by Gasteiger charge is 2.12. The van der Waals surface area contributed by atoms with E-state index in [2.05, 4.69) is 41.4 Å². The molecule has 0 spiro atoms. The van der Waals surface area contributed by atoms with Crippen molar-refractivity contribution < 1.29 is 9.47 Å². The predicted octanol–water partition coefficient (Wildman–Crippen LogP) is 2.19. The molecule has 0 atom stereocenters. The minimum absolute atomic E-state index is 0. The van der Waals surface area contributed by atoms with E-state index in [0.29, 0.717) is 25.6 Å². The third-order valence-corrected chi connectivity index (χ3v) is 2.54. The minimum Gasteiger partial charge on any atom is -0.475 e. The maximum absolute atomic E-state index is 5.61. The lowest BCUT2D eigenvalue weighted by Gasteiger charge is -2.24. The van der Waals surface area contributed by atoms with Crippen molar-refractivity contribution in [1.29, 1.82) is 0 Å². The van der Waals surface area contributed by atoms with Gasteiger partial charge in [0.1, 0.15) is 6.61 Å². The maximum atomic E-state index is 5.61. The summed E-state index contributed by atoms with van der Waals surface area (Å²) in [5.41, 5.74) is 0.930. The number of hydrogen-bond donors (Lipinski definition) is 2. The maximum Gasteiger partial charge on any atom is 0.218 e. The summed E-state index contributed by atoms with van der Waals surface area (Å²) in [6.07, 6.45) is 1.72. The van der Waals surface area contributed by atoms with Gasteiger partial charge < -0.3 is 20.1 Å². The molecule has 0 radical (unpaired) electrons. The van der Waals surface area contributed by atoms with Gasteiger partial charge in [-0.15, -0.1) is 24.0 Å². The number of halogens is 1. The molecule has 0 saturated heterocycles. The van der Waals surface area contributed by atoms with Crippen molar-refractivity contribution in [3.05, 3.63) is 23.9 Å². The molecule has 1 aromatic heterocycles. The Morgan fingerprint density at radius 1 is 1.32 bits per heavy atom. The molecule has 0 aliphatic rings. The summed E-state index contributed by atoms with van der Waals surface area (Å²) in [5, 5.41) is 6.57. The van der Waals surface area contributed by atoms with E-state index in [-0.39, 0.29) is 29.5 Å². The fourth-order valence-corrected chi connectivity index (χ4v) is 1.62. The van der Waals surface area contributed by atoms with Crippen molar-refractivity contribution in [2.24, 2.45) is 4.99 Å². The molecule has 6 nitrogen and oxygen atoms in total. The van der Waals surface area contributed by atoms with Gasteiger partial charge in [0.25, 0.3) is 0 Å². The Morgan fingerprint density at radius 3 is 2.64 bits per heavy atom. The average Bonchev–Trinajstić information content (AvgIpc) is 2.43. The van der Waals surface area contributed by atoms with E-state index in [1.54, 1.807) is 20.4 Å². The zero-order valence-electron chi connectivity index (χ0n) is 14.0. The van der Waals surface area contributed by atoms with E-state index in [1.165, 1.54) is 0 Å². The first-order chi connectivity index (χ1) is 9.96. The summed E-state index contributed by atoms with van der Waals surface area (Å²) >= 11 is 0. The SMILES string of the molecule is CN=C(NCc1cccnc1OCCOC)NC(C)(C)C.I. The number of nitrogens with zero attached hydrogens (tertiary/aromatic N) is 2. The number of nitrogens with one attached hydrogen (secondary N) is 2. The second-order valence-corrected chi connectivity index (χ2v) is 5.61. The highest BCUT2D eigenvalue weighted by Crippen LogP contribution is 2.13. The first-order valence-electron chi connectivity index (χ1n) is 7.00. The van der Waals surface area contributed by atoms with Gasteiger partial charge in [0.15, 0.2) is 5.96 Å². The summed E-state index contributed by atoms with van der Waals surface area (Å²) in [7, 11) is 3.40. The Morgan fingerprint density at radius 2 is 2.05 bits per heavy atom. The number of guanidine groups is 1. The van der Waals surface area contributed by atoms with Gasteiger partial charge in [-0.1, -0.05) is 6.07 Å². The summed E-state index contributed by atoms with van der Waals surface area (Å²) < 4.78 is 10.6. The number of aliphatic imine (C=N–C) groups is 1. The number of methoxy groups -OCH3 is 1. The van der Waals surface area contributed by atoms with E-state index >= 15 is 0 Å². The third kappa shape index (κ3) is 8.38. The zero-order valence-corrected chi connectivity index (χ0v) is 16.3. The van der Waals surface area contributed by atoms with Crippen molar-refractivity contribution in [3.8, 4) is 5.88 Å². The summed E-state index contributed by atoms with van der Waals surface area (Å²) in [4.78, 5) is 8.46. The monoisotopic (exact) mass is 422 g/mol. The summed E-state index contributed by atoms with van der Waals surface area (Å²) in [6.45, 7) is 7.87. The molecule has 0 fully saturated rings. The molecule has 0 aliphatic heterocycles. The summed E-state index contributed by atoms with van der Waals surface area (Å²) in [5.74, 6) is 1.36. The molecular weight excluding hydrogens is 395 g/mol. The lowest BCUT2D eigenvalue weighted by Crippen LogP contribution is -2.47. The number of hydrogen-bond acceptors (Lipinski definition) is 4. The molecule has 1 aromatic rings. The van der Waals surface area contributed by atoms with E-state index < -0.39 is 0 Å². The van der Waals surface area contributed by atoms with Crippen molar-refractivity contribution in [2.75, 3.05) is 27.4 Å². The van der Waals surface area contributed by atoms with Gasteiger partial charge in [-0.3, -0.25) is 4.99 Å².